The molecule has 0 unspecified atom stereocenters. The van der Waals surface area contributed by atoms with Crippen LogP contribution in [-0.4, -0.2) is 16.2 Å². The van der Waals surface area contributed by atoms with Crippen molar-refractivity contribution in [2.24, 2.45) is 0 Å². The van der Waals surface area contributed by atoms with Crippen LogP contribution in [0.5, 0.6) is 0 Å². The molecule has 0 fully saturated rings. The van der Waals surface area contributed by atoms with Crippen molar-refractivity contribution in [1.29, 1.82) is 0 Å². The summed E-state index contributed by atoms with van der Waals surface area (Å²) in [5, 5.41) is 20.3. The van der Waals surface area contributed by atoms with Crippen LogP contribution in [0.1, 0.15) is 17.5 Å². The molecule has 0 aliphatic rings. The van der Waals surface area contributed by atoms with Crippen molar-refractivity contribution in [3.63, 3.8) is 0 Å². The summed E-state index contributed by atoms with van der Waals surface area (Å²) in [6, 6.07) is 26.9. The molecule has 0 saturated carbocycles. The maximum absolute atomic E-state index is 11.3. The largest absolute Gasteiger partial charge is 0.481 e. The van der Waals surface area contributed by atoms with Gasteiger partial charge in [-0.2, -0.15) is 0 Å². The Morgan fingerprint density at radius 3 is 1.84 bits per heavy atom. The molecule has 0 bridgehead atoms. The Morgan fingerprint density at radius 1 is 0.760 bits per heavy atom. The first kappa shape index (κ1) is 16.9. The fourth-order valence-corrected chi connectivity index (χ4v) is 3.05. The zero-order valence-corrected chi connectivity index (χ0v) is 13.8. The van der Waals surface area contributed by atoms with Crippen LogP contribution >= 0.6 is 0 Å². The van der Waals surface area contributed by atoms with Crippen molar-refractivity contribution in [1.82, 2.24) is 0 Å². The summed E-state index contributed by atoms with van der Waals surface area (Å²) in [6.45, 7) is 0. The molecule has 0 aromatic heterocycles. The van der Waals surface area contributed by atoms with Gasteiger partial charge in [-0.25, -0.2) is 0 Å². The van der Waals surface area contributed by atoms with Crippen molar-refractivity contribution in [3.8, 4) is 11.1 Å². The van der Waals surface area contributed by atoms with Gasteiger partial charge < -0.3 is 10.2 Å². The van der Waals surface area contributed by atoms with Crippen molar-refractivity contribution in [2.75, 3.05) is 0 Å². The molecule has 0 radical (unpaired) electrons. The van der Waals surface area contributed by atoms with Gasteiger partial charge in [-0.3, -0.25) is 4.79 Å². The molecular formula is C22H20O3. The third-order valence-corrected chi connectivity index (χ3v) is 4.31. The molecule has 2 N–H and O–H groups in total. The molecule has 0 aliphatic carbocycles. The molecule has 0 saturated heterocycles. The summed E-state index contributed by atoms with van der Waals surface area (Å²) in [4.78, 5) is 11.3. The molecule has 3 nitrogen and oxygen atoms in total. The molecule has 1 atom stereocenters. The molecule has 25 heavy (non-hydrogen) atoms. The minimum atomic E-state index is -1.44. The average Bonchev–Trinajstić information content (AvgIpc) is 2.63. The van der Waals surface area contributed by atoms with E-state index >= 15 is 0 Å². The second-order valence-electron chi connectivity index (χ2n) is 6.21. The van der Waals surface area contributed by atoms with Crippen molar-refractivity contribution < 1.29 is 15.0 Å². The lowest BCUT2D eigenvalue weighted by Crippen LogP contribution is -2.31. The highest BCUT2D eigenvalue weighted by Crippen LogP contribution is 2.31. The molecule has 0 amide bonds. The zero-order valence-electron chi connectivity index (χ0n) is 13.8. The summed E-state index contributed by atoms with van der Waals surface area (Å²) >= 11 is 0. The smallest absolute Gasteiger partial charge is 0.306 e. The van der Waals surface area contributed by atoms with Crippen LogP contribution in [0.3, 0.4) is 0 Å². The van der Waals surface area contributed by atoms with Gasteiger partial charge >= 0.3 is 5.97 Å². The van der Waals surface area contributed by atoms with Gasteiger partial charge in [-0.05, 0) is 22.3 Å². The number of hydrogen-bond acceptors (Lipinski definition) is 2. The zero-order chi connectivity index (χ0) is 17.7. The second kappa shape index (κ2) is 7.32. The molecule has 0 aliphatic heterocycles. The Kier molecular flexibility index (Phi) is 4.96. The van der Waals surface area contributed by atoms with E-state index < -0.39 is 11.6 Å². The van der Waals surface area contributed by atoms with Crippen LogP contribution in [0.15, 0.2) is 84.9 Å². The maximum atomic E-state index is 11.3. The standard InChI is InChI=1S/C22H20O3/c23-21(24)16-22(25,15-17-7-3-1-4-8-17)20-13-11-19(12-14-20)18-9-5-2-6-10-18/h1-14,25H,15-16H2,(H,23,24)/t22-/m0/s1. The lowest BCUT2D eigenvalue weighted by Gasteiger charge is -2.27. The van der Waals surface area contributed by atoms with E-state index in [9.17, 15) is 15.0 Å². The number of aliphatic carboxylic acids is 1. The maximum Gasteiger partial charge on any atom is 0.306 e. The average molecular weight is 332 g/mol. The van der Waals surface area contributed by atoms with Gasteiger partial charge in [0, 0.05) is 6.42 Å². The van der Waals surface area contributed by atoms with E-state index in [-0.39, 0.29) is 12.8 Å². The summed E-state index contributed by atoms with van der Waals surface area (Å²) < 4.78 is 0. The van der Waals surface area contributed by atoms with E-state index in [1.807, 2.05) is 84.9 Å². The van der Waals surface area contributed by atoms with Crippen molar-refractivity contribution >= 4 is 5.97 Å². The minimum Gasteiger partial charge on any atom is -0.481 e. The van der Waals surface area contributed by atoms with Crippen LogP contribution in [0.2, 0.25) is 0 Å². The van der Waals surface area contributed by atoms with Crippen LogP contribution in [0, 0.1) is 0 Å². The fraction of sp³-hybridized carbons (Fsp3) is 0.136. The molecule has 3 rings (SSSR count). The highest BCUT2D eigenvalue weighted by atomic mass is 16.4. The Balaban J connectivity index is 1.92. The number of carboxylic acids is 1. The van der Waals surface area contributed by atoms with Gasteiger partial charge in [0.1, 0.15) is 5.60 Å². The number of benzene rings is 3. The van der Waals surface area contributed by atoms with E-state index in [4.69, 9.17) is 0 Å². The quantitative estimate of drug-likeness (QED) is 0.709. The van der Waals surface area contributed by atoms with E-state index in [2.05, 4.69) is 0 Å². The summed E-state index contributed by atoms with van der Waals surface area (Å²) in [5.41, 5.74) is 2.18. The first-order valence-electron chi connectivity index (χ1n) is 8.21. The third-order valence-electron chi connectivity index (χ3n) is 4.31. The Morgan fingerprint density at radius 2 is 1.28 bits per heavy atom. The minimum absolute atomic E-state index is 0.255. The van der Waals surface area contributed by atoms with Gasteiger partial charge in [0.15, 0.2) is 0 Å². The number of carboxylic acid groups (broad SMARTS) is 1. The second-order valence-corrected chi connectivity index (χ2v) is 6.21. The molecular weight excluding hydrogens is 312 g/mol. The highest BCUT2D eigenvalue weighted by Gasteiger charge is 2.32. The van der Waals surface area contributed by atoms with Crippen LogP contribution in [0.4, 0.5) is 0 Å². The number of carbonyl (C=O) groups is 1. The number of hydrogen-bond donors (Lipinski definition) is 2. The molecule has 3 aromatic rings. The van der Waals surface area contributed by atoms with Crippen LogP contribution < -0.4 is 0 Å². The lowest BCUT2D eigenvalue weighted by atomic mass is 9.84. The predicted molar refractivity (Wildman–Crippen MR) is 98.2 cm³/mol. The first-order valence-corrected chi connectivity index (χ1v) is 8.21. The van der Waals surface area contributed by atoms with Crippen molar-refractivity contribution in [3.05, 3.63) is 96.1 Å². The van der Waals surface area contributed by atoms with Crippen molar-refractivity contribution in [2.45, 2.75) is 18.4 Å². The van der Waals surface area contributed by atoms with E-state index in [0.29, 0.717) is 5.56 Å². The topological polar surface area (TPSA) is 57.5 Å². The van der Waals surface area contributed by atoms with Gasteiger partial charge in [0.25, 0.3) is 0 Å². The van der Waals surface area contributed by atoms with Gasteiger partial charge in [-0.1, -0.05) is 84.9 Å². The van der Waals surface area contributed by atoms with Gasteiger partial charge in [0.2, 0.25) is 0 Å². The fourth-order valence-electron chi connectivity index (χ4n) is 3.05. The van der Waals surface area contributed by atoms with E-state index in [1.54, 1.807) is 0 Å². The summed E-state index contributed by atoms with van der Waals surface area (Å²) in [6.07, 6.45) is -0.0859. The first-order chi connectivity index (χ1) is 12.1. The normalized spacial score (nSPS) is 13.2. The van der Waals surface area contributed by atoms with Crippen LogP contribution in [-0.2, 0) is 16.8 Å². The monoisotopic (exact) mass is 332 g/mol. The lowest BCUT2D eigenvalue weighted by molar-refractivity contribution is -0.143. The molecule has 0 spiro atoms. The number of rotatable bonds is 6. The molecule has 0 heterocycles. The van der Waals surface area contributed by atoms with E-state index in [0.717, 1.165) is 16.7 Å². The SMILES string of the molecule is O=C(O)C[C@@](O)(Cc1ccccc1)c1ccc(-c2ccccc2)cc1. The van der Waals surface area contributed by atoms with Gasteiger partial charge in [0.05, 0.1) is 6.42 Å². The highest BCUT2D eigenvalue weighted by molar-refractivity contribution is 5.69. The van der Waals surface area contributed by atoms with Crippen LogP contribution in [0.25, 0.3) is 11.1 Å². The van der Waals surface area contributed by atoms with E-state index in [1.165, 1.54) is 0 Å². The Bertz CT molecular complexity index is 826. The summed E-state index contributed by atoms with van der Waals surface area (Å²) in [5.74, 6) is -1.02. The molecule has 3 aromatic carbocycles. The third kappa shape index (κ3) is 4.14. The summed E-state index contributed by atoms with van der Waals surface area (Å²) in [7, 11) is 0. The Labute approximate surface area is 147 Å². The molecule has 3 heteroatoms. The Hall–Kier alpha value is -2.91. The predicted octanol–water partition coefficient (Wildman–Crippen LogP) is 4.26. The van der Waals surface area contributed by atoms with Gasteiger partial charge in [-0.15, -0.1) is 0 Å². The molecule has 126 valence electrons. The number of aliphatic hydroxyl groups is 1.